The van der Waals surface area contributed by atoms with Crippen molar-refractivity contribution in [3.8, 4) is 22.5 Å². The molecule has 11 heteroatoms. The predicted molar refractivity (Wildman–Crippen MR) is 139 cm³/mol. The van der Waals surface area contributed by atoms with Crippen molar-refractivity contribution >= 4 is 28.2 Å². The molecule has 2 aromatic carbocycles. The Kier molecular flexibility index (Phi) is 6.30. The van der Waals surface area contributed by atoms with E-state index < -0.39 is 11.6 Å². The molecule has 37 heavy (non-hydrogen) atoms. The Morgan fingerprint density at radius 2 is 1.78 bits per heavy atom. The summed E-state index contributed by atoms with van der Waals surface area (Å²) >= 11 is 6.72. The van der Waals surface area contributed by atoms with Gasteiger partial charge in [0.05, 0.1) is 28.0 Å². The number of H-pyrrole nitrogens is 1. The topological polar surface area (TPSA) is 125 Å². The molecule has 0 aliphatic rings. The van der Waals surface area contributed by atoms with Crippen molar-refractivity contribution in [1.29, 1.82) is 0 Å². The van der Waals surface area contributed by atoms with Crippen LogP contribution in [0.5, 0.6) is 0 Å². The number of tetrazole rings is 1. The summed E-state index contributed by atoms with van der Waals surface area (Å²) in [5, 5.41) is 28.6. The smallest absolute Gasteiger partial charge is 0.179 e. The largest absolute Gasteiger partial charge is 0.382 e. The number of aryl methyl sites for hydroxylation is 1. The van der Waals surface area contributed by atoms with Crippen LogP contribution in [0.4, 0.5) is 10.1 Å². The van der Waals surface area contributed by atoms with Gasteiger partial charge in [0.25, 0.3) is 0 Å². The highest BCUT2D eigenvalue weighted by Gasteiger charge is 2.21. The number of benzene rings is 2. The highest BCUT2D eigenvalue weighted by atomic mass is 35.5. The van der Waals surface area contributed by atoms with Crippen LogP contribution in [-0.4, -0.2) is 40.7 Å². The van der Waals surface area contributed by atoms with Crippen molar-refractivity contribution < 1.29 is 9.50 Å². The quantitative estimate of drug-likeness (QED) is 0.274. The monoisotopic (exact) mass is 518 g/mol. The zero-order chi connectivity index (χ0) is 26.3. The van der Waals surface area contributed by atoms with E-state index in [4.69, 9.17) is 11.6 Å². The van der Waals surface area contributed by atoms with E-state index in [9.17, 15) is 9.50 Å². The molecule has 0 fully saturated rings. The van der Waals surface area contributed by atoms with Gasteiger partial charge in [0, 0.05) is 34.5 Å². The first-order valence-electron chi connectivity index (χ1n) is 11.6. The van der Waals surface area contributed by atoms with E-state index in [1.165, 1.54) is 6.07 Å². The summed E-state index contributed by atoms with van der Waals surface area (Å²) in [5.41, 5.74) is 3.59. The van der Waals surface area contributed by atoms with E-state index in [1.54, 1.807) is 38.4 Å². The first-order valence-corrected chi connectivity index (χ1v) is 11.9. The van der Waals surface area contributed by atoms with E-state index in [0.29, 0.717) is 39.2 Å². The van der Waals surface area contributed by atoms with Gasteiger partial charge in [0.1, 0.15) is 11.4 Å². The van der Waals surface area contributed by atoms with Gasteiger partial charge < -0.3 is 10.4 Å². The number of aromatic nitrogens is 7. The molecule has 9 nitrogen and oxygen atoms in total. The van der Waals surface area contributed by atoms with Crippen molar-refractivity contribution in [3.63, 3.8) is 0 Å². The minimum absolute atomic E-state index is 0.332. The average Bonchev–Trinajstić information content (AvgIpc) is 3.41. The Balaban J connectivity index is 1.55. The molecule has 0 amide bonds. The molecule has 0 radical (unpaired) electrons. The molecule has 1 atom stereocenters. The fourth-order valence-electron chi connectivity index (χ4n) is 4.07. The number of aliphatic hydroxyl groups is 1. The maximum absolute atomic E-state index is 14.9. The lowest BCUT2D eigenvalue weighted by Crippen LogP contribution is -2.19. The molecule has 0 saturated heterocycles. The third-order valence-electron chi connectivity index (χ3n) is 6.07. The first-order chi connectivity index (χ1) is 17.6. The SMILES string of the molecule is Cc1nc2ccc(-c3cnc(C(C)(C)O)nc3)cc2c(N[C@H](C)c2cc(-c3nnn[nH]3)ccc2F)c1Cl. The van der Waals surface area contributed by atoms with Crippen LogP contribution in [0.1, 0.15) is 43.9 Å². The summed E-state index contributed by atoms with van der Waals surface area (Å²) in [6.07, 6.45) is 3.33. The van der Waals surface area contributed by atoms with Gasteiger partial charge in [-0.25, -0.2) is 19.5 Å². The Hall–Kier alpha value is -4.02. The molecule has 3 aromatic heterocycles. The summed E-state index contributed by atoms with van der Waals surface area (Å²) in [7, 11) is 0. The van der Waals surface area contributed by atoms with Gasteiger partial charge in [-0.1, -0.05) is 17.7 Å². The summed E-state index contributed by atoms with van der Waals surface area (Å²) in [5.74, 6) is 0.408. The summed E-state index contributed by atoms with van der Waals surface area (Å²) in [4.78, 5) is 13.2. The fourth-order valence-corrected chi connectivity index (χ4v) is 4.27. The molecular formula is C26H24ClFN8O. The number of hydrogen-bond donors (Lipinski definition) is 3. The molecule has 0 saturated carbocycles. The Morgan fingerprint density at radius 1 is 1.05 bits per heavy atom. The van der Waals surface area contributed by atoms with Crippen LogP contribution in [0.3, 0.4) is 0 Å². The third-order valence-corrected chi connectivity index (χ3v) is 6.53. The zero-order valence-electron chi connectivity index (χ0n) is 20.6. The lowest BCUT2D eigenvalue weighted by Gasteiger charge is -2.21. The molecule has 3 heterocycles. The summed E-state index contributed by atoms with van der Waals surface area (Å²) < 4.78 is 14.9. The fraction of sp³-hybridized carbons (Fsp3) is 0.231. The van der Waals surface area contributed by atoms with Crippen LogP contribution in [0, 0.1) is 12.7 Å². The summed E-state index contributed by atoms with van der Waals surface area (Å²) in [6, 6.07) is 10.0. The second kappa shape index (κ2) is 9.45. The standard InChI is InChI=1S/C26H24ClFN8O/c1-13(18-10-16(5-7-20(18)28)24-33-35-36-34-24)32-23-19-9-15(6-8-21(19)31-14(2)22(23)27)17-11-29-25(30-12-17)26(3,4)37/h5-13,37H,1-4H3,(H,31,32)(H,33,34,35,36)/t13-/m1/s1. The van der Waals surface area contributed by atoms with E-state index in [1.807, 2.05) is 32.0 Å². The molecule has 188 valence electrons. The first kappa shape index (κ1) is 24.7. The number of aromatic amines is 1. The van der Waals surface area contributed by atoms with Gasteiger partial charge >= 0.3 is 0 Å². The van der Waals surface area contributed by atoms with Crippen LogP contribution < -0.4 is 5.32 Å². The maximum atomic E-state index is 14.9. The molecule has 5 rings (SSSR count). The van der Waals surface area contributed by atoms with Crippen LogP contribution in [0.25, 0.3) is 33.4 Å². The van der Waals surface area contributed by atoms with Gasteiger partial charge in [-0.05, 0) is 74.0 Å². The highest BCUT2D eigenvalue weighted by molar-refractivity contribution is 6.35. The van der Waals surface area contributed by atoms with Crippen molar-refractivity contribution in [1.82, 2.24) is 35.6 Å². The van der Waals surface area contributed by atoms with Crippen LogP contribution in [-0.2, 0) is 5.60 Å². The lowest BCUT2D eigenvalue weighted by molar-refractivity contribution is 0.0687. The number of anilines is 1. The second-order valence-electron chi connectivity index (χ2n) is 9.32. The van der Waals surface area contributed by atoms with Crippen LogP contribution in [0.15, 0.2) is 48.8 Å². The second-order valence-corrected chi connectivity index (χ2v) is 9.70. The molecule has 0 bridgehead atoms. The minimum atomic E-state index is -1.14. The van der Waals surface area contributed by atoms with Crippen molar-refractivity contribution in [2.45, 2.75) is 39.3 Å². The van der Waals surface area contributed by atoms with E-state index in [0.717, 1.165) is 22.0 Å². The number of hydrogen-bond acceptors (Lipinski definition) is 8. The van der Waals surface area contributed by atoms with E-state index in [-0.39, 0.29) is 5.82 Å². The van der Waals surface area contributed by atoms with Gasteiger partial charge in [-0.15, -0.1) is 5.10 Å². The molecule has 0 spiro atoms. The van der Waals surface area contributed by atoms with Gasteiger partial charge in [0.15, 0.2) is 11.6 Å². The predicted octanol–water partition coefficient (Wildman–Crippen LogP) is 5.37. The van der Waals surface area contributed by atoms with Gasteiger partial charge in [-0.2, -0.15) is 0 Å². The number of fused-ring (bicyclic) bond motifs is 1. The molecule has 0 aliphatic heterocycles. The van der Waals surface area contributed by atoms with Crippen molar-refractivity contribution in [2.75, 3.05) is 5.32 Å². The zero-order valence-corrected chi connectivity index (χ0v) is 21.3. The Bertz CT molecular complexity index is 1580. The molecule has 3 N–H and O–H groups in total. The van der Waals surface area contributed by atoms with Crippen LogP contribution in [0.2, 0.25) is 5.02 Å². The maximum Gasteiger partial charge on any atom is 0.179 e. The normalized spacial score (nSPS) is 12.6. The Labute approximate surface area is 217 Å². The number of nitrogens with zero attached hydrogens (tertiary/aromatic N) is 6. The summed E-state index contributed by atoms with van der Waals surface area (Å²) in [6.45, 7) is 6.95. The van der Waals surface area contributed by atoms with E-state index >= 15 is 0 Å². The molecule has 0 unspecified atom stereocenters. The van der Waals surface area contributed by atoms with Crippen molar-refractivity contribution in [3.05, 3.63) is 76.7 Å². The highest BCUT2D eigenvalue weighted by Crippen LogP contribution is 2.37. The lowest BCUT2D eigenvalue weighted by atomic mass is 10.0. The number of pyridine rings is 1. The minimum Gasteiger partial charge on any atom is -0.382 e. The van der Waals surface area contributed by atoms with Gasteiger partial charge in [0.2, 0.25) is 0 Å². The number of halogens is 2. The average molecular weight is 519 g/mol. The van der Waals surface area contributed by atoms with Gasteiger partial charge in [-0.3, -0.25) is 4.98 Å². The van der Waals surface area contributed by atoms with Crippen molar-refractivity contribution in [2.24, 2.45) is 0 Å². The Morgan fingerprint density at radius 3 is 2.46 bits per heavy atom. The molecule has 5 aromatic rings. The van der Waals surface area contributed by atoms with Crippen LogP contribution >= 0.6 is 11.6 Å². The van der Waals surface area contributed by atoms with E-state index in [2.05, 4.69) is 40.9 Å². The third kappa shape index (κ3) is 4.85. The number of rotatable bonds is 6. The molecular weight excluding hydrogens is 495 g/mol. The number of nitrogens with one attached hydrogen (secondary N) is 2. The molecule has 0 aliphatic carbocycles.